The molecule has 0 aromatic heterocycles. The Morgan fingerprint density at radius 3 is 1.00 bits per heavy atom. The molecule has 0 saturated heterocycles. The molecule has 0 amide bonds. The first-order chi connectivity index (χ1) is 0. The van der Waals surface area contributed by atoms with Crippen molar-refractivity contribution in [3.05, 3.63) is 0 Å². The molecule has 24 valence electrons. The molecule has 0 aromatic carbocycles. The van der Waals surface area contributed by atoms with Crippen LogP contribution in [-0.4, -0.2) is 25.3 Å². The van der Waals surface area contributed by atoms with Crippen molar-refractivity contribution in [2.45, 2.75) is 0 Å². The average molecular weight is 173 g/mol. The Hall–Kier alpha value is 1.18. The van der Waals surface area contributed by atoms with Crippen LogP contribution in [0.2, 0.25) is 0 Å². The van der Waals surface area contributed by atoms with Crippen molar-refractivity contribution in [1.82, 2.24) is 6.15 Å². The molecule has 0 fully saturated rings. The van der Waals surface area contributed by atoms with Crippen LogP contribution in [0, 0.1) is 0 Å². The molecule has 4 heavy (non-hydrogen) atoms. The normalized spacial score (nSPS) is 0. The van der Waals surface area contributed by atoms with Crippen molar-refractivity contribution in [3.8, 4) is 0 Å². The van der Waals surface area contributed by atoms with Crippen LogP contribution in [0.4, 0.5) is 0 Å². The van der Waals surface area contributed by atoms with E-state index in [4.69, 9.17) is 0 Å². The molecule has 0 aliphatic carbocycles. The molecular weight excluding hydrogens is 165 g/mol. The van der Waals surface area contributed by atoms with E-state index >= 15 is 0 Å². The van der Waals surface area contributed by atoms with Gasteiger partial charge in [-0.25, -0.2) is 0 Å². The van der Waals surface area contributed by atoms with Gasteiger partial charge in [0.15, 0.2) is 0 Å². The summed E-state index contributed by atoms with van der Waals surface area (Å²) >= 11 is 0. The average Bonchev–Trinajstić information content (AvgIpc) is 0. The smallest absolute Gasteiger partial charge is 0 e. The summed E-state index contributed by atoms with van der Waals surface area (Å²) < 4.78 is 0. The van der Waals surface area contributed by atoms with Gasteiger partial charge >= 0.3 is 19.8 Å². The van der Waals surface area contributed by atoms with Gasteiger partial charge in [0.2, 0.25) is 0 Å². The molecule has 0 aliphatic rings. The Balaban J connectivity index is 0. The van der Waals surface area contributed by atoms with Gasteiger partial charge in [0, 0.05) is 19.5 Å². The maximum atomic E-state index is 0. The summed E-state index contributed by atoms with van der Waals surface area (Å²) in [5.74, 6) is 0. The van der Waals surface area contributed by atoms with Gasteiger partial charge < -0.3 is 11.6 Å². The van der Waals surface area contributed by atoms with Gasteiger partial charge in [-0.2, -0.15) is 0 Å². The fourth-order valence-electron chi connectivity index (χ4n) is 0. The maximum Gasteiger partial charge on any atom is 0 e. The fourth-order valence-corrected chi connectivity index (χ4v) is 0. The van der Waals surface area contributed by atoms with E-state index in [1.54, 1.807) is 0 Å². The van der Waals surface area contributed by atoms with Crippen molar-refractivity contribution in [1.29, 1.82) is 0 Å². The second-order valence-corrected chi connectivity index (χ2v) is 0. The minimum absolute atomic E-state index is 0. The van der Waals surface area contributed by atoms with Crippen molar-refractivity contribution in [3.63, 3.8) is 0 Å². The molecular formula is H8GaNOZn. The largest absolute Gasteiger partial charge is 0 e. The summed E-state index contributed by atoms with van der Waals surface area (Å²) in [6.45, 7) is 0. The zero-order valence-corrected chi connectivity index (χ0v) is 4.88. The van der Waals surface area contributed by atoms with Gasteiger partial charge in [-0.15, -0.1) is 0 Å². The van der Waals surface area contributed by atoms with E-state index in [1.165, 1.54) is 0 Å². The molecule has 5 N–H and O–H groups in total. The molecule has 0 bridgehead atoms. The molecule has 0 atom stereocenters. The Morgan fingerprint density at radius 1 is 1.00 bits per heavy atom. The van der Waals surface area contributed by atoms with Gasteiger partial charge in [0.1, 0.15) is 0 Å². The minimum atomic E-state index is 0. The standard InChI is InChI=1S/Ga.H3N.H2O.Zn.3H/h;1H3;1H2;;;;. The summed E-state index contributed by atoms with van der Waals surface area (Å²) in [7, 11) is 0. The predicted molar refractivity (Wildman–Crippen MR) is 18.6 cm³/mol. The second-order valence-electron chi connectivity index (χ2n) is 0. The Morgan fingerprint density at radius 2 is 1.00 bits per heavy atom. The van der Waals surface area contributed by atoms with E-state index in [9.17, 15) is 0 Å². The first-order valence-electron chi connectivity index (χ1n) is 0. The molecule has 0 rings (SSSR count). The Bertz CT molecular complexity index is 8.00. The summed E-state index contributed by atoms with van der Waals surface area (Å²) in [5.41, 5.74) is 0. The monoisotopic (exact) mass is 171 g/mol. The van der Waals surface area contributed by atoms with E-state index in [0.717, 1.165) is 0 Å². The van der Waals surface area contributed by atoms with Crippen molar-refractivity contribution in [2.24, 2.45) is 0 Å². The minimum Gasteiger partial charge on any atom is 0 e. The molecule has 4 heteroatoms. The quantitative estimate of drug-likeness (QED) is 0.429. The van der Waals surface area contributed by atoms with Crippen LogP contribution in [0.15, 0.2) is 0 Å². The van der Waals surface area contributed by atoms with Crippen LogP contribution in [0.5, 0.6) is 0 Å². The van der Waals surface area contributed by atoms with E-state index in [-0.39, 0.29) is 50.9 Å². The van der Waals surface area contributed by atoms with Gasteiger partial charge in [-0.3, -0.25) is 0 Å². The van der Waals surface area contributed by atoms with Crippen LogP contribution in [-0.2, 0) is 19.5 Å². The summed E-state index contributed by atoms with van der Waals surface area (Å²) in [6.07, 6.45) is 0. The topological polar surface area (TPSA) is 66.5 Å². The van der Waals surface area contributed by atoms with E-state index in [0.29, 0.717) is 0 Å². The van der Waals surface area contributed by atoms with Crippen LogP contribution in [0.25, 0.3) is 0 Å². The van der Waals surface area contributed by atoms with Crippen LogP contribution < -0.4 is 6.15 Å². The third-order valence-electron chi connectivity index (χ3n) is 0. The second kappa shape index (κ2) is 30.4. The van der Waals surface area contributed by atoms with Crippen LogP contribution in [0.3, 0.4) is 0 Å². The first kappa shape index (κ1) is 65.0. The third-order valence-corrected chi connectivity index (χ3v) is 0. The van der Waals surface area contributed by atoms with Gasteiger partial charge in [0.25, 0.3) is 0 Å². The molecule has 0 spiro atoms. The Labute approximate surface area is 51.0 Å². The molecule has 2 nitrogen and oxygen atoms in total. The van der Waals surface area contributed by atoms with Crippen LogP contribution >= 0.6 is 0 Å². The number of rotatable bonds is 0. The van der Waals surface area contributed by atoms with E-state index in [1.807, 2.05) is 0 Å². The molecule has 0 radical (unpaired) electrons. The zero-order valence-electron chi connectivity index (χ0n) is 1.91. The van der Waals surface area contributed by atoms with E-state index < -0.39 is 0 Å². The molecule has 0 aliphatic heterocycles. The maximum absolute atomic E-state index is 0. The summed E-state index contributed by atoms with van der Waals surface area (Å²) in [5, 5.41) is 0. The molecule has 0 saturated carbocycles. The van der Waals surface area contributed by atoms with Crippen molar-refractivity contribution >= 4 is 19.8 Å². The molecule has 0 unspecified atom stereocenters. The van der Waals surface area contributed by atoms with E-state index in [2.05, 4.69) is 0 Å². The molecule has 0 heterocycles. The van der Waals surface area contributed by atoms with Crippen molar-refractivity contribution in [2.75, 3.05) is 0 Å². The van der Waals surface area contributed by atoms with Crippen molar-refractivity contribution < 1.29 is 25.0 Å². The van der Waals surface area contributed by atoms with Crippen LogP contribution in [0.1, 0.15) is 0 Å². The summed E-state index contributed by atoms with van der Waals surface area (Å²) in [4.78, 5) is 0. The first-order valence-corrected chi connectivity index (χ1v) is 0. The third kappa shape index (κ3) is 10.9. The Kier molecular flexibility index (Phi) is 494. The fraction of sp³-hybridized carbons (Fsp3) is 0. The zero-order chi connectivity index (χ0) is 0. The van der Waals surface area contributed by atoms with Gasteiger partial charge in [0.05, 0.1) is 0 Å². The predicted octanol–water partition coefficient (Wildman–Crippen LogP) is -1.85. The number of hydrogen-bond acceptors (Lipinski definition) is 1. The SMILES string of the molecule is N.O.[GaH3].[Zn]. The number of hydrogen-bond donors (Lipinski definition) is 1. The van der Waals surface area contributed by atoms with Gasteiger partial charge in [-0.05, 0) is 0 Å². The summed E-state index contributed by atoms with van der Waals surface area (Å²) in [6, 6.07) is 0. The van der Waals surface area contributed by atoms with Gasteiger partial charge in [-0.1, -0.05) is 0 Å². The molecule has 0 aromatic rings.